The molecule has 1 heterocycles. The Kier molecular flexibility index (Phi) is 6.20. The number of hydrogen-bond acceptors (Lipinski definition) is 3. The second kappa shape index (κ2) is 7.47. The SMILES string of the molecule is CC(C)(N)CNC(=O)c1cccc(N2CCCNC2=O)c1.Cl. The molecular formula is C15H23ClN4O2. The third-order valence-electron chi connectivity index (χ3n) is 3.20. The van der Waals surface area contributed by atoms with Gasteiger partial charge in [-0.1, -0.05) is 6.07 Å². The van der Waals surface area contributed by atoms with Crippen LogP contribution in [-0.2, 0) is 0 Å². The van der Waals surface area contributed by atoms with Crippen LogP contribution in [0.15, 0.2) is 24.3 Å². The third kappa shape index (κ3) is 4.89. The fourth-order valence-electron chi connectivity index (χ4n) is 2.10. The zero-order valence-corrected chi connectivity index (χ0v) is 13.7. The van der Waals surface area contributed by atoms with Gasteiger partial charge in [0.25, 0.3) is 5.91 Å². The second-order valence-electron chi connectivity index (χ2n) is 5.96. The van der Waals surface area contributed by atoms with Gasteiger partial charge in [0.1, 0.15) is 0 Å². The highest BCUT2D eigenvalue weighted by atomic mass is 35.5. The van der Waals surface area contributed by atoms with E-state index in [-0.39, 0.29) is 24.3 Å². The Hall–Kier alpha value is -1.79. The molecule has 0 spiro atoms. The van der Waals surface area contributed by atoms with Gasteiger partial charge in [0, 0.05) is 36.4 Å². The second-order valence-corrected chi connectivity index (χ2v) is 5.96. The number of nitrogens with zero attached hydrogens (tertiary/aromatic N) is 1. The number of urea groups is 1. The van der Waals surface area contributed by atoms with Gasteiger partial charge < -0.3 is 16.4 Å². The molecule has 4 N–H and O–H groups in total. The molecule has 1 fully saturated rings. The van der Waals surface area contributed by atoms with Crippen molar-refractivity contribution in [3.05, 3.63) is 29.8 Å². The average Bonchev–Trinajstić information content (AvgIpc) is 2.44. The maximum absolute atomic E-state index is 12.1. The summed E-state index contributed by atoms with van der Waals surface area (Å²) in [7, 11) is 0. The van der Waals surface area contributed by atoms with Gasteiger partial charge in [-0.15, -0.1) is 12.4 Å². The van der Waals surface area contributed by atoms with Gasteiger partial charge in [-0.3, -0.25) is 9.69 Å². The minimum absolute atomic E-state index is 0. The molecule has 1 saturated heterocycles. The van der Waals surface area contributed by atoms with Crippen LogP contribution < -0.4 is 21.3 Å². The van der Waals surface area contributed by atoms with Crippen molar-refractivity contribution < 1.29 is 9.59 Å². The van der Waals surface area contributed by atoms with E-state index in [4.69, 9.17) is 5.73 Å². The molecule has 0 radical (unpaired) electrons. The van der Waals surface area contributed by atoms with Crippen LogP contribution in [0.3, 0.4) is 0 Å². The first-order valence-corrected chi connectivity index (χ1v) is 7.09. The highest BCUT2D eigenvalue weighted by Gasteiger charge is 2.20. The summed E-state index contributed by atoms with van der Waals surface area (Å²) in [4.78, 5) is 25.6. The Balaban J connectivity index is 0.00000242. The number of anilines is 1. The van der Waals surface area contributed by atoms with Crippen molar-refractivity contribution in [2.45, 2.75) is 25.8 Å². The maximum atomic E-state index is 12.1. The summed E-state index contributed by atoms with van der Waals surface area (Å²) in [5.41, 5.74) is 6.64. The molecule has 3 amide bonds. The molecule has 122 valence electrons. The Morgan fingerprint density at radius 1 is 1.45 bits per heavy atom. The van der Waals surface area contributed by atoms with Crippen LogP contribution in [0.1, 0.15) is 30.6 Å². The molecule has 0 aliphatic carbocycles. The number of benzene rings is 1. The number of nitrogens with one attached hydrogen (secondary N) is 2. The van der Waals surface area contributed by atoms with E-state index < -0.39 is 5.54 Å². The molecule has 0 bridgehead atoms. The summed E-state index contributed by atoms with van der Waals surface area (Å²) in [5.74, 6) is -0.187. The number of halogens is 1. The van der Waals surface area contributed by atoms with E-state index >= 15 is 0 Å². The zero-order chi connectivity index (χ0) is 15.5. The van der Waals surface area contributed by atoms with Crippen molar-refractivity contribution in [3.8, 4) is 0 Å². The van der Waals surface area contributed by atoms with Gasteiger partial charge in [0.15, 0.2) is 0 Å². The summed E-state index contributed by atoms with van der Waals surface area (Å²) >= 11 is 0. The van der Waals surface area contributed by atoms with Crippen LogP contribution in [0.25, 0.3) is 0 Å². The first-order valence-electron chi connectivity index (χ1n) is 7.09. The average molecular weight is 327 g/mol. The molecule has 0 aromatic heterocycles. The first-order chi connectivity index (χ1) is 9.87. The predicted molar refractivity (Wildman–Crippen MR) is 89.7 cm³/mol. The summed E-state index contributed by atoms with van der Waals surface area (Å²) in [6, 6.07) is 6.93. The molecule has 7 heteroatoms. The van der Waals surface area contributed by atoms with Crippen LogP contribution in [0.4, 0.5) is 10.5 Å². The van der Waals surface area contributed by atoms with Crippen LogP contribution in [0.2, 0.25) is 0 Å². The smallest absolute Gasteiger partial charge is 0.321 e. The van der Waals surface area contributed by atoms with Gasteiger partial charge in [-0.25, -0.2) is 4.79 Å². The van der Waals surface area contributed by atoms with E-state index in [2.05, 4.69) is 10.6 Å². The molecular weight excluding hydrogens is 304 g/mol. The van der Waals surface area contributed by atoms with E-state index in [0.717, 1.165) is 12.1 Å². The summed E-state index contributed by atoms with van der Waals surface area (Å²) < 4.78 is 0. The van der Waals surface area contributed by atoms with Gasteiger partial charge in [-0.2, -0.15) is 0 Å². The highest BCUT2D eigenvalue weighted by Crippen LogP contribution is 2.18. The number of carbonyl (C=O) groups excluding carboxylic acids is 2. The topological polar surface area (TPSA) is 87.5 Å². The molecule has 1 aromatic rings. The minimum Gasteiger partial charge on any atom is -0.350 e. The van der Waals surface area contributed by atoms with Gasteiger partial charge >= 0.3 is 6.03 Å². The number of hydrogen-bond donors (Lipinski definition) is 3. The molecule has 1 aromatic carbocycles. The minimum atomic E-state index is -0.458. The number of nitrogens with two attached hydrogens (primary N) is 1. The lowest BCUT2D eigenvalue weighted by Crippen LogP contribution is -2.46. The molecule has 22 heavy (non-hydrogen) atoms. The fourth-order valence-corrected chi connectivity index (χ4v) is 2.10. The lowest BCUT2D eigenvalue weighted by molar-refractivity contribution is 0.0946. The largest absolute Gasteiger partial charge is 0.350 e. The van der Waals surface area contributed by atoms with E-state index in [1.54, 1.807) is 23.1 Å². The number of rotatable bonds is 4. The predicted octanol–water partition coefficient (Wildman–Crippen LogP) is 1.50. The van der Waals surface area contributed by atoms with E-state index in [1.165, 1.54) is 0 Å². The van der Waals surface area contributed by atoms with Crippen molar-refractivity contribution in [2.75, 3.05) is 24.5 Å². The third-order valence-corrected chi connectivity index (χ3v) is 3.20. The van der Waals surface area contributed by atoms with Crippen molar-refractivity contribution in [1.82, 2.24) is 10.6 Å². The fraction of sp³-hybridized carbons (Fsp3) is 0.467. The monoisotopic (exact) mass is 326 g/mol. The van der Waals surface area contributed by atoms with Crippen molar-refractivity contribution >= 4 is 30.0 Å². The number of amides is 3. The van der Waals surface area contributed by atoms with Gasteiger partial charge in [-0.05, 0) is 38.5 Å². The van der Waals surface area contributed by atoms with E-state index in [9.17, 15) is 9.59 Å². The standard InChI is InChI=1S/C15H22N4O2.ClH/c1-15(2,16)10-18-13(20)11-5-3-6-12(9-11)19-8-4-7-17-14(19)21;/h3,5-6,9H,4,7-8,10,16H2,1-2H3,(H,17,21)(H,18,20);1H. The molecule has 0 atom stereocenters. The van der Waals surface area contributed by atoms with Crippen LogP contribution in [0, 0.1) is 0 Å². The first kappa shape index (κ1) is 18.3. The Bertz CT molecular complexity index is 543. The van der Waals surface area contributed by atoms with E-state index in [1.807, 2.05) is 19.9 Å². The lowest BCUT2D eigenvalue weighted by Gasteiger charge is -2.27. The van der Waals surface area contributed by atoms with Gasteiger partial charge in [0.05, 0.1) is 0 Å². The Morgan fingerprint density at radius 3 is 2.82 bits per heavy atom. The molecule has 0 unspecified atom stereocenters. The van der Waals surface area contributed by atoms with Crippen LogP contribution in [-0.4, -0.2) is 37.1 Å². The van der Waals surface area contributed by atoms with Crippen molar-refractivity contribution in [2.24, 2.45) is 5.73 Å². The van der Waals surface area contributed by atoms with Crippen molar-refractivity contribution in [1.29, 1.82) is 0 Å². The highest BCUT2D eigenvalue weighted by molar-refractivity contribution is 5.97. The van der Waals surface area contributed by atoms with Gasteiger partial charge in [0.2, 0.25) is 0 Å². The Morgan fingerprint density at radius 2 is 2.18 bits per heavy atom. The Labute approximate surface area is 136 Å². The maximum Gasteiger partial charge on any atom is 0.321 e. The lowest BCUT2D eigenvalue weighted by atomic mass is 10.1. The molecule has 6 nitrogen and oxygen atoms in total. The summed E-state index contributed by atoms with van der Waals surface area (Å²) in [5, 5.41) is 5.59. The number of carbonyl (C=O) groups is 2. The zero-order valence-electron chi connectivity index (χ0n) is 12.9. The molecule has 0 saturated carbocycles. The molecule has 2 rings (SSSR count). The molecule has 1 aliphatic heterocycles. The van der Waals surface area contributed by atoms with Crippen molar-refractivity contribution in [3.63, 3.8) is 0 Å². The summed E-state index contributed by atoms with van der Waals surface area (Å²) in [6.07, 6.45) is 0.892. The quantitative estimate of drug-likeness (QED) is 0.783. The normalized spacial score (nSPS) is 14.9. The van der Waals surface area contributed by atoms with E-state index in [0.29, 0.717) is 25.2 Å². The molecule has 1 aliphatic rings. The summed E-state index contributed by atoms with van der Waals surface area (Å²) in [6.45, 7) is 5.44. The van der Waals surface area contributed by atoms with Crippen LogP contribution in [0.5, 0.6) is 0 Å². The van der Waals surface area contributed by atoms with Crippen LogP contribution >= 0.6 is 12.4 Å².